The third-order valence-electron chi connectivity index (χ3n) is 3.92. The molecule has 1 aromatic carbocycles. The zero-order valence-electron chi connectivity index (χ0n) is 12.4. The minimum Gasteiger partial charge on any atom is -0.508 e. The average Bonchev–Trinajstić information content (AvgIpc) is 2.49. The van der Waals surface area contributed by atoms with Gasteiger partial charge < -0.3 is 20.8 Å². The molecule has 22 heavy (non-hydrogen) atoms. The number of hydrogen-bond acceptors (Lipinski definition) is 3. The van der Waals surface area contributed by atoms with E-state index in [9.17, 15) is 19.8 Å². The Kier molecular flexibility index (Phi) is 5.63. The van der Waals surface area contributed by atoms with Crippen molar-refractivity contribution in [2.24, 2.45) is 0 Å². The van der Waals surface area contributed by atoms with E-state index in [-0.39, 0.29) is 18.2 Å². The van der Waals surface area contributed by atoms with E-state index < -0.39 is 18.0 Å². The first kappa shape index (κ1) is 16.1. The number of aromatic hydroxyl groups is 1. The number of nitrogens with one attached hydrogen (secondary N) is 2. The minimum absolute atomic E-state index is 0.124. The zero-order valence-corrected chi connectivity index (χ0v) is 12.4. The third kappa shape index (κ3) is 4.95. The van der Waals surface area contributed by atoms with Crippen molar-refractivity contribution in [1.29, 1.82) is 0 Å². The van der Waals surface area contributed by atoms with Crippen LogP contribution in [0.4, 0.5) is 4.79 Å². The molecule has 0 bridgehead atoms. The quantitative estimate of drug-likeness (QED) is 0.669. The second-order valence-corrected chi connectivity index (χ2v) is 5.71. The molecular weight excluding hydrogens is 284 g/mol. The number of rotatable bonds is 5. The Morgan fingerprint density at radius 2 is 1.77 bits per heavy atom. The van der Waals surface area contributed by atoms with Crippen molar-refractivity contribution in [3.8, 4) is 5.75 Å². The third-order valence-corrected chi connectivity index (χ3v) is 3.92. The van der Waals surface area contributed by atoms with Gasteiger partial charge in [-0.3, -0.25) is 0 Å². The molecule has 1 unspecified atom stereocenters. The highest BCUT2D eigenvalue weighted by Crippen LogP contribution is 2.17. The molecule has 1 aromatic rings. The van der Waals surface area contributed by atoms with Crippen LogP contribution in [0, 0.1) is 0 Å². The van der Waals surface area contributed by atoms with Crippen LogP contribution in [0.5, 0.6) is 5.75 Å². The Labute approximate surface area is 129 Å². The molecule has 1 saturated carbocycles. The maximum atomic E-state index is 11.9. The van der Waals surface area contributed by atoms with Crippen LogP contribution in [0.3, 0.4) is 0 Å². The van der Waals surface area contributed by atoms with Crippen LogP contribution < -0.4 is 10.6 Å². The van der Waals surface area contributed by atoms with Gasteiger partial charge in [-0.15, -0.1) is 0 Å². The molecule has 0 aliphatic heterocycles. The van der Waals surface area contributed by atoms with Crippen molar-refractivity contribution in [3.05, 3.63) is 29.8 Å². The molecule has 1 fully saturated rings. The van der Waals surface area contributed by atoms with Gasteiger partial charge in [0.2, 0.25) is 0 Å². The summed E-state index contributed by atoms with van der Waals surface area (Å²) in [6.07, 6.45) is 5.46. The van der Waals surface area contributed by atoms with Crippen molar-refractivity contribution in [1.82, 2.24) is 10.6 Å². The van der Waals surface area contributed by atoms with E-state index in [4.69, 9.17) is 0 Å². The number of carbonyl (C=O) groups excluding carboxylic acids is 1. The summed E-state index contributed by atoms with van der Waals surface area (Å²) in [6.45, 7) is 0. The lowest BCUT2D eigenvalue weighted by atomic mass is 9.96. The number of phenols is 1. The van der Waals surface area contributed by atoms with Crippen LogP contribution in [0.25, 0.3) is 0 Å². The van der Waals surface area contributed by atoms with Crippen molar-refractivity contribution in [3.63, 3.8) is 0 Å². The van der Waals surface area contributed by atoms with Crippen LogP contribution in [0.1, 0.15) is 37.7 Å². The Bertz CT molecular complexity index is 509. The molecule has 0 aromatic heterocycles. The van der Waals surface area contributed by atoms with Gasteiger partial charge in [0, 0.05) is 12.5 Å². The fraction of sp³-hybridized carbons (Fsp3) is 0.500. The molecule has 120 valence electrons. The van der Waals surface area contributed by atoms with Crippen molar-refractivity contribution >= 4 is 12.0 Å². The molecule has 6 nitrogen and oxygen atoms in total. The molecule has 0 heterocycles. The molecule has 1 aliphatic carbocycles. The molecule has 0 saturated heterocycles. The van der Waals surface area contributed by atoms with Crippen LogP contribution in [-0.2, 0) is 11.2 Å². The Morgan fingerprint density at radius 1 is 1.14 bits per heavy atom. The molecule has 2 rings (SSSR count). The van der Waals surface area contributed by atoms with E-state index in [1.165, 1.54) is 18.6 Å². The monoisotopic (exact) mass is 306 g/mol. The van der Waals surface area contributed by atoms with Crippen LogP contribution in [0.15, 0.2) is 24.3 Å². The maximum Gasteiger partial charge on any atom is 0.326 e. The standard InChI is InChI=1S/C16H22N2O4/c19-13-8-6-11(7-9-13)10-14(15(20)21)18-16(22)17-12-4-2-1-3-5-12/h6-9,12,14,19H,1-5,10H2,(H,20,21)(H2,17,18,22). The highest BCUT2D eigenvalue weighted by molar-refractivity contribution is 5.82. The Balaban J connectivity index is 1.88. The number of hydrogen-bond donors (Lipinski definition) is 4. The summed E-state index contributed by atoms with van der Waals surface area (Å²) in [7, 11) is 0. The molecule has 1 aliphatic rings. The van der Waals surface area contributed by atoms with Gasteiger partial charge in [0.05, 0.1) is 0 Å². The average molecular weight is 306 g/mol. The van der Waals surface area contributed by atoms with Gasteiger partial charge in [-0.25, -0.2) is 9.59 Å². The summed E-state index contributed by atoms with van der Waals surface area (Å²) in [5, 5.41) is 23.8. The van der Waals surface area contributed by atoms with E-state index in [1.807, 2.05) is 0 Å². The van der Waals surface area contributed by atoms with E-state index >= 15 is 0 Å². The maximum absolute atomic E-state index is 11.9. The first-order chi connectivity index (χ1) is 10.5. The minimum atomic E-state index is -1.08. The number of benzene rings is 1. The van der Waals surface area contributed by atoms with Crippen LogP contribution in [-0.4, -0.2) is 34.3 Å². The predicted molar refractivity (Wildman–Crippen MR) is 81.8 cm³/mol. The fourth-order valence-corrected chi connectivity index (χ4v) is 2.70. The van der Waals surface area contributed by atoms with Gasteiger partial charge in [-0.2, -0.15) is 0 Å². The normalized spacial score (nSPS) is 16.7. The molecular formula is C16H22N2O4. The topological polar surface area (TPSA) is 98.7 Å². The second kappa shape index (κ2) is 7.68. The largest absolute Gasteiger partial charge is 0.508 e. The smallest absolute Gasteiger partial charge is 0.326 e. The lowest BCUT2D eigenvalue weighted by Crippen LogP contribution is -2.50. The van der Waals surface area contributed by atoms with E-state index in [0.29, 0.717) is 0 Å². The summed E-state index contributed by atoms with van der Waals surface area (Å²) >= 11 is 0. The molecule has 2 amide bonds. The Morgan fingerprint density at radius 3 is 2.36 bits per heavy atom. The second-order valence-electron chi connectivity index (χ2n) is 5.71. The number of amides is 2. The lowest BCUT2D eigenvalue weighted by Gasteiger charge is -2.24. The van der Waals surface area contributed by atoms with Crippen molar-refractivity contribution in [2.45, 2.75) is 50.6 Å². The first-order valence-corrected chi connectivity index (χ1v) is 7.62. The lowest BCUT2D eigenvalue weighted by molar-refractivity contribution is -0.139. The summed E-state index contributed by atoms with van der Waals surface area (Å²) in [6, 6.07) is 4.99. The van der Waals surface area contributed by atoms with Crippen molar-refractivity contribution in [2.75, 3.05) is 0 Å². The van der Waals surface area contributed by atoms with Crippen LogP contribution >= 0.6 is 0 Å². The molecule has 6 heteroatoms. The molecule has 4 N–H and O–H groups in total. The van der Waals surface area contributed by atoms with Crippen LogP contribution in [0.2, 0.25) is 0 Å². The fourth-order valence-electron chi connectivity index (χ4n) is 2.70. The van der Waals surface area contributed by atoms with E-state index in [1.54, 1.807) is 12.1 Å². The van der Waals surface area contributed by atoms with Gasteiger partial charge in [0.1, 0.15) is 11.8 Å². The number of carboxylic acids is 1. The summed E-state index contributed by atoms with van der Waals surface area (Å²) in [5.41, 5.74) is 0.739. The number of urea groups is 1. The Hall–Kier alpha value is -2.24. The number of carbonyl (C=O) groups is 2. The molecule has 1 atom stereocenters. The van der Waals surface area contributed by atoms with Gasteiger partial charge in [0.15, 0.2) is 0 Å². The first-order valence-electron chi connectivity index (χ1n) is 7.62. The van der Waals surface area contributed by atoms with Gasteiger partial charge in [0.25, 0.3) is 0 Å². The van der Waals surface area contributed by atoms with E-state index in [0.717, 1.165) is 31.2 Å². The van der Waals surface area contributed by atoms with Gasteiger partial charge in [-0.05, 0) is 30.5 Å². The number of carboxylic acid groups (broad SMARTS) is 1. The van der Waals surface area contributed by atoms with Crippen molar-refractivity contribution < 1.29 is 19.8 Å². The molecule has 0 spiro atoms. The molecule has 0 radical (unpaired) electrons. The number of phenolic OH excluding ortho intramolecular Hbond substituents is 1. The predicted octanol–water partition coefficient (Wildman–Crippen LogP) is 2.02. The SMILES string of the molecule is O=C(NC1CCCCC1)NC(Cc1ccc(O)cc1)C(=O)O. The summed E-state index contributed by atoms with van der Waals surface area (Å²) < 4.78 is 0. The van der Waals surface area contributed by atoms with Gasteiger partial charge >= 0.3 is 12.0 Å². The highest BCUT2D eigenvalue weighted by Gasteiger charge is 2.22. The van der Waals surface area contributed by atoms with Gasteiger partial charge in [-0.1, -0.05) is 31.4 Å². The number of aliphatic carboxylic acids is 1. The van der Waals surface area contributed by atoms with E-state index in [2.05, 4.69) is 10.6 Å². The highest BCUT2D eigenvalue weighted by atomic mass is 16.4. The summed E-state index contributed by atoms with van der Waals surface area (Å²) in [5.74, 6) is -0.953. The zero-order chi connectivity index (χ0) is 15.9. The summed E-state index contributed by atoms with van der Waals surface area (Å²) in [4.78, 5) is 23.3.